The van der Waals surface area contributed by atoms with Crippen molar-refractivity contribution >= 4 is 5.91 Å². The highest BCUT2D eigenvalue weighted by atomic mass is 16.2. The zero-order valence-electron chi connectivity index (χ0n) is 14.4. The Morgan fingerprint density at radius 1 is 1.25 bits per heavy atom. The van der Waals surface area contributed by atoms with Gasteiger partial charge in [0.05, 0.1) is 23.6 Å². The number of rotatable bonds is 3. The zero-order valence-corrected chi connectivity index (χ0v) is 14.4. The Morgan fingerprint density at radius 3 is 2.67 bits per heavy atom. The van der Waals surface area contributed by atoms with Crippen molar-refractivity contribution in [2.24, 2.45) is 7.05 Å². The van der Waals surface area contributed by atoms with Crippen molar-refractivity contribution in [3.8, 4) is 0 Å². The van der Waals surface area contributed by atoms with E-state index in [0.717, 1.165) is 50.5 Å². The predicted molar refractivity (Wildman–Crippen MR) is 92.4 cm³/mol. The number of carbonyl (C=O) groups is 1. The highest BCUT2D eigenvalue weighted by molar-refractivity contribution is 5.84. The SMILES string of the molecule is Cc1ccc(CN2Cc3ncn(C)c3[C@H](C(=O)N3CCC3)C2)cc1. The predicted octanol–water partition coefficient (Wildman–Crippen LogP) is 2.06. The average Bonchev–Trinajstić information content (AvgIpc) is 2.88. The molecule has 0 radical (unpaired) electrons. The van der Waals surface area contributed by atoms with Crippen LogP contribution in [0.1, 0.15) is 34.9 Å². The summed E-state index contributed by atoms with van der Waals surface area (Å²) < 4.78 is 2.03. The van der Waals surface area contributed by atoms with Crippen LogP contribution in [0, 0.1) is 6.92 Å². The molecule has 1 atom stereocenters. The van der Waals surface area contributed by atoms with Crippen molar-refractivity contribution in [1.82, 2.24) is 19.4 Å². The van der Waals surface area contributed by atoms with E-state index in [4.69, 9.17) is 0 Å². The molecule has 126 valence electrons. The number of fused-ring (bicyclic) bond motifs is 1. The lowest BCUT2D eigenvalue weighted by atomic mass is 9.94. The van der Waals surface area contributed by atoms with Gasteiger partial charge in [0.2, 0.25) is 5.91 Å². The number of hydrogen-bond acceptors (Lipinski definition) is 3. The number of amides is 1. The van der Waals surface area contributed by atoms with Gasteiger partial charge in [0.15, 0.2) is 0 Å². The number of aromatic nitrogens is 2. The Balaban J connectivity index is 1.58. The van der Waals surface area contributed by atoms with Crippen molar-refractivity contribution in [1.29, 1.82) is 0 Å². The maximum atomic E-state index is 12.9. The monoisotopic (exact) mass is 324 g/mol. The summed E-state index contributed by atoms with van der Waals surface area (Å²) in [6.45, 7) is 6.36. The van der Waals surface area contributed by atoms with Crippen LogP contribution >= 0.6 is 0 Å². The van der Waals surface area contributed by atoms with E-state index in [2.05, 4.69) is 41.1 Å². The molecule has 1 fully saturated rings. The molecule has 2 aliphatic heterocycles. The summed E-state index contributed by atoms with van der Waals surface area (Å²) in [5.41, 5.74) is 4.71. The van der Waals surface area contributed by atoms with Gasteiger partial charge in [-0.2, -0.15) is 0 Å². The Kier molecular flexibility index (Phi) is 3.88. The molecule has 24 heavy (non-hydrogen) atoms. The summed E-state index contributed by atoms with van der Waals surface area (Å²) >= 11 is 0. The molecule has 1 saturated heterocycles. The number of nitrogens with zero attached hydrogens (tertiary/aromatic N) is 4. The summed E-state index contributed by atoms with van der Waals surface area (Å²) in [4.78, 5) is 21.8. The fourth-order valence-corrected chi connectivity index (χ4v) is 3.70. The summed E-state index contributed by atoms with van der Waals surface area (Å²) in [6.07, 6.45) is 2.97. The number of likely N-dealkylation sites (tertiary alicyclic amines) is 1. The third-order valence-electron chi connectivity index (χ3n) is 5.20. The minimum absolute atomic E-state index is 0.0907. The molecule has 1 amide bonds. The number of aryl methyl sites for hydroxylation is 2. The summed E-state index contributed by atoms with van der Waals surface area (Å²) in [7, 11) is 2.00. The van der Waals surface area contributed by atoms with Gasteiger partial charge in [-0.3, -0.25) is 9.69 Å². The maximum absolute atomic E-state index is 12.9. The second kappa shape index (κ2) is 6.06. The van der Waals surface area contributed by atoms with Crippen molar-refractivity contribution < 1.29 is 4.79 Å². The maximum Gasteiger partial charge on any atom is 0.233 e. The van der Waals surface area contributed by atoms with E-state index >= 15 is 0 Å². The molecule has 0 saturated carbocycles. The molecule has 3 heterocycles. The molecule has 4 rings (SSSR count). The van der Waals surface area contributed by atoms with Crippen LogP contribution in [-0.2, 0) is 24.9 Å². The van der Waals surface area contributed by atoms with Crippen LogP contribution in [0.25, 0.3) is 0 Å². The first-order chi connectivity index (χ1) is 11.6. The summed E-state index contributed by atoms with van der Waals surface area (Å²) in [5.74, 6) is 0.173. The lowest BCUT2D eigenvalue weighted by Gasteiger charge is -2.38. The zero-order chi connectivity index (χ0) is 16.7. The van der Waals surface area contributed by atoms with E-state index in [0.29, 0.717) is 0 Å². The smallest absolute Gasteiger partial charge is 0.233 e. The van der Waals surface area contributed by atoms with Crippen molar-refractivity contribution in [3.63, 3.8) is 0 Å². The molecule has 1 aromatic carbocycles. The Hall–Kier alpha value is -2.14. The summed E-state index contributed by atoms with van der Waals surface area (Å²) in [5, 5.41) is 0. The Labute approximate surface area is 142 Å². The first-order valence-corrected chi connectivity index (χ1v) is 8.68. The molecule has 2 aromatic rings. The van der Waals surface area contributed by atoms with Gasteiger partial charge in [0.25, 0.3) is 0 Å². The molecule has 0 bridgehead atoms. The van der Waals surface area contributed by atoms with Gasteiger partial charge in [-0.15, -0.1) is 0 Å². The van der Waals surface area contributed by atoms with E-state index in [1.165, 1.54) is 11.1 Å². The van der Waals surface area contributed by atoms with E-state index in [1.807, 2.05) is 22.8 Å². The Morgan fingerprint density at radius 2 is 2.00 bits per heavy atom. The van der Waals surface area contributed by atoms with E-state index in [9.17, 15) is 4.79 Å². The molecule has 1 aromatic heterocycles. The number of hydrogen-bond donors (Lipinski definition) is 0. The minimum Gasteiger partial charge on any atom is -0.342 e. The highest BCUT2D eigenvalue weighted by Gasteiger charge is 2.37. The third kappa shape index (κ3) is 2.73. The lowest BCUT2D eigenvalue weighted by molar-refractivity contribution is -0.137. The molecule has 5 heteroatoms. The second-order valence-electron chi connectivity index (χ2n) is 7.07. The molecule has 5 nitrogen and oxygen atoms in total. The van der Waals surface area contributed by atoms with Crippen molar-refractivity contribution in [3.05, 3.63) is 53.1 Å². The Bertz CT molecular complexity index is 745. The van der Waals surface area contributed by atoms with Crippen LogP contribution in [0.2, 0.25) is 0 Å². The fraction of sp³-hybridized carbons (Fsp3) is 0.474. The largest absolute Gasteiger partial charge is 0.342 e. The number of benzene rings is 1. The summed E-state index contributed by atoms with van der Waals surface area (Å²) in [6, 6.07) is 8.65. The van der Waals surface area contributed by atoms with Crippen LogP contribution in [0.4, 0.5) is 0 Å². The van der Waals surface area contributed by atoms with Crippen LogP contribution in [-0.4, -0.2) is 44.9 Å². The van der Waals surface area contributed by atoms with Crippen LogP contribution < -0.4 is 0 Å². The average molecular weight is 324 g/mol. The molecule has 0 aliphatic carbocycles. The molecule has 0 spiro atoms. The highest BCUT2D eigenvalue weighted by Crippen LogP contribution is 2.31. The normalized spacial score (nSPS) is 20.6. The molecule has 2 aliphatic rings. The molecular formula is C19H24N4O. The molecule has 0 unspecified atom stereocenters. The van der Waals surface area contributed by atoms with Crippen molar-refractivity contribution in [2.45, 2.75) is 32.4 Å². The van der Waals surface area contributed by atoms with Gasteiger partial charge in [-0.25, -0.2) is 4.98 Å². The standard InChI is InChI=1S/C19H24N4O/c1-14-4-6-15(7-5-14)10-22-11-16(19(24)23-8-3-9-23)18-17(12-22)20-13-21(18)2/h4-7,13,16H,3,8-12H2,1-2H3/t16-/m1/s1. The quantitative estimate of drug-likeness (QED) is 0.868. The number of carbonyl (C=O) groups excluding carboxylic acids is 1. The van der Waals surface area contributed by atoms with Crippen LogP contribution in [0.5, 0.6) is 0 Å². The molecular weight excluding hydrogens is 300 g/mol. The lowest BCUT2D eigenvalue weighted by Crippen LogP contribution is -2.48. The van der Waals surface area contributed by atoms with Gasteiger partial charge in [-0.1, -0.05) is 29.8 Å². The van der Waals surface area contributed by atoms with Crippen LogP contribution in [0.3, 0.4) is 0 Å². The first kappa shape index (κ1) is 15.4. The number of imidazole rings is 1. The van der Waals surface area contributed by atoms with E-state index in [1.54, 1.807) is 0 Å². The van der Waals surface area contributed by atoms with E-state index in [-0.39, 0.29) is 11.8 Å². The second-order valence-corrected chi connectivity index (χ2v) is 7.07. The van der Waals surface area contributed by atoms with Gasteiger partial charge < -0.3 is 9.47 Å². The first-order valence-electron chi connectivity index (χ1n) is 8.68. The van der Waals surface area contributed by atoms with E-state index < -0.39 is 0 Å². The molecule has 0 N–H and O–H groups in total. The topological polar surface area (TPSA) is 41.4 Å². The van der Waals surface area contributed by atoms with Gasteiger partial charge in [0, 0.05) is 39.8 Å². The van der Waals surface area contributed by atoms with Crippen molar-refractivity contribution in [2.75, 3.05) is 19.6 Å². The van der Waals surface area contributed by atoms with Gasteiger partial charge in [-0.05, 0) is 18.9 Å². The third-order valence-corrected chi connectivity index (χ3v) is 5.20. The minimum atomic E-state index is -0.0907. The van der Waals surface area contributed by atoms with Gasteiger partial charge >= 0.3 is 0 Å². The van der Waals surface area contributed by atoms with Gasteiger partial charge in [0.1, 0.15) is 0 Å². The van der Waals surface area contributed by atoms with Crippen LogP contribution in [0.15, 0.2) is 30.6 Å². The fourth-order valence-electron chi connectivity index (χ4n) is 3.70.